The van der Waals surface area contributed by atoms with Crippen LogP contribution in [0.15, 0.2) is 12.3 Å². The van der Waals surface area contributed by atoms with E-state index in [0.29, 0.717) is 19.6 Å². The van der Waals surface area contributed by atoms with Crippen LogP contribution in [-0.4, -0.2) is 59.3 Å². The highest BCUT2D eigenvalue weighted by Gasteiger charge is 2.21. The number of nitrogens with zero attached hydrogens (tertiary/aromatic N) is 4. The average molecular weight is 295 g/mol. The Kier molecular flexibility index (Phi) is 6.04. The third kappa shape index (κ3) is 4.67. The normalized spacial score (nSPS) is 10.7. The molecule has 0 aliphatic carbocycles. The number of carbonyl (C=O) groups excluding carboxylic acids is 1. The highest BCUT2D eigenvalue weighted by atomic mass is 16.6. The molecule has 0 atom stereocenters. The Bertz CT molecular complexity index is 519. The zero-order valence-electron chi connectivity index (χ0n) is 12.6. The summed E-state index contributed by atoms with van der Waals surface area (Å²) >= 11 is 0. The summed E-state index contributed by atoms with van der Waals surface area (Å²) in [6.45, 7) is 3.76. The second kappa shape index (κ2) is 7.53. The zero-order valence-corrected chi connectivity index (χ0v) is 12.6. The van der Waals surface area contributed by atoms with Gasteiger partial charge in [-0.1, -0.05) is 6.92 Å². The summed E-state index contributed by atoms with van der Waals surface area (Å²) < 4.78 is 0. The van der Waals surface area contributed by atoms with E-state index in [1.807, 2.05) is 25.9 Å². The quantitative estimate of drug-likeness (QED) is 0.594. The fourth-order valence-corrected chi connectivity index (χ4v) is 1.81. The van der Waals surface area contributed by atoms with Crippen molar-refractivity contribution in [3.8, 4) is 0 Å². The van der Waals surface area contributed by atoms with Crippen LogP contribution in [0, 0.1) is 10.1 Å². The average Bonchev–Trinajstić information content (AvgIpc) is 2.42. The van der Waals surface area contributed by atoms with Crippen molar-refractivity contribution in [2.75, 3.05) is 39.5 Å². The third-order valence-electron chi connectivity index (χ3n) is 2.94. The molecule has 0 saturated heterocycles. The zero-order chi connectivity index (χ0) is 16.0. The summed E-state index contributed by atoms with van der Waals surface area (Å²) in [5.41, 5.74) is 5.53. The van der Waals surface area contributed by atoms with Crippen molar-refractivity contribution in [3.05, 3.63) is 27.9 Å². The van der Waals surface area contributed by atoms with Gasteiger partial charge in [0.25, 0.3) is 11.6 Å². The minimum atomic E-state index is -0.590. The molecule has 1 aromatic rings. The molecule has 8 heteroatoms. The Labute approximate surface area is 123 Å². The first-order chi connectivity index (χ1) is 9.86. The van der Waals surface area contributed by atoms with Gasteiger partial charge >= 0.3 is 0 Å². The van der Waals surface area contributed by atoms with E-state index in [-0.39, 0.29) is 23.0 Å². The molecular weight excluding hydrogens is 274 g/mol. The second-order valence-electron chi connectivity index (χ2n) is 4.98. The molecule has 0 aromatic carbocycles. The van der Waals surface area contributed by atoms with Gasteiger partial charge in [0.15, 0.2) is 0 Å². The summed E-state index contributed by atoms with van der Waals surface area (Å²) in [6.07, 6.45) is 1.84. The lowest BCUT2D eigenvalue weighted by Gasteiger charge is -2.24. The molecule has 1 rings (SSSR count). The van der Waals surface area contributed by atoms with Gasteiger partial charge in [-0.3, -0.25) is 14.9 Å². The molecule has 8 nitrogen and oxygen atoms in total. The fourth-order valence-electron chi connectivity index (χ4n) is 1.81. The van der Waals surface area contributed by atoms with Crippen molar-refractivity contribution in [2.24, 2.45) is 0 Å². The van der Waals surface area contributed by atoms with Crippen LogP contribution in [0.3, 0.4) is 0 Å². The predicted molar refractivity (Wildman–Crippen MR) is 80.1 cm³/mol. The van der Waals surface area contributed by atoms with Crippen LogP contribution in [0.2, 0.25) is 0 Å². The number of aromatic nitrogens is 1. The molecule has 0 bridgehead atoms. The molecule has 1 aromatic heterocycles. The smallest absolute Gasteiger partial charge is 0.288 e. The molecule has 0 aliphatic heterocycles. The van der Waals surface area contributed by atoms with Crippen molar-refractivity contribution in [2.45, 2.75) is 13.3 Å². The number of amides is 1. The van der Waals surface area contributed by atoms with E-state index < -0.39 is 4.92 Å². The maximum Gasteiger partial charge on any atom is 0.288 e. The Morgan fingerprint density at radius 2 is 2.05 bits per heavy atom. The fraction of sp³-hybridized carbons (Fsp3) is 0.538. The van der Waals surface area contributed by atoms with Crippen LogP contribution >= 0.6 is 0 Å². The van der Waals surface area contributed by atoms with Crippen LogP contribution in [0.1, 0.15) is 23.7 Å². The Balaban J connectivity index is 3.02. The number of nitro groups is 1. The van der Waals surface area contributed by atoms with Crippen molar-refractivity contribution in [1.82, 2.24) is 14.8 Å². The number of nitrogen functional groups attached to an aromatic ring is 1. The van der Waals surface area contributed by atoms with Gasteiger partial charge in [0.05, 0.1) is 10.5 Å². The number of carbonyl (C=O) groups is 1. The number of pyridine rings is 1. The first kappa shape index (κ1) is 16.8. The van der Waals surface area contributed by atoms with Crippen LogP contribution in [0.5, 0.6) is 0 Å². The van der Waals surface area contributed by atoms with Gasteiger partial charge in [-0.15, -0.1) is 0 Å². The number of likely N-dealkylation sites (N-methyl/N-ethyl adjacent to an activating group) is 1. The summed E-state index contributed by atoms with van der Waals surface area (Å²) in [7, 11) is 3.83. The Hall–Kier alpha value is -2.22. The molecule has 0 aliphatic rings. The van der Waals surface area contributed by atoms with Gasteiger partial charge in [0.1, 0.15) is 12.0 Å². The highest BCUT2D eigenvalue weighted by molar-refractivity contribution is 5.98. The Morgan fingerprint density at radius 1 is 1.38 bits per heavy atom. The first-order valence-electron chi connectivity index (χ1n) is 6.70. The van der Waals surface area contributed by atoms with E-state index in [1.165, 1.54) is 6.07 Å². The molecule has 0 fully saturated rings. The molecule has 0 unspecified atom stereocenters. The standard InChI is InChI=1S/C13H21N5O3/c1-4-5-17(7-6-16(2)3)13(19)11-8-10(18(20)21)9-15-12(11)14/h8-9H,4-7H2,1-3H3,(H2,14,15). The summed E-state index contributed by atoms with van der Waals surface area (Å²) in [6, 6.07) is 1.18. The van der Waals surface area contributed by atoms with E-state index in [9.17, 15) is 14.9 Å². The second-order valence-corrected chi connectivity index (χ2v) is 4.98. The molecule has 0 spiro atoms. The maximum atomic E-state index is 12.5. The maximum absolute atomic E-state index is 12.5. The summed E-state index contributed by atoms with van der Waals surface area (Å²) in [5.74, 6) is -0.316. The van der Waals surface area contributed by atoms with E-state index in [1.54, 1.807) is 4.90 Å². The molecule has 0 radical (unpaired) electrons. The van der Waals surface area contributed by atoms with Gasteiger partial charge in [0.2, 0.25) is 0 Å². The van der Waals surface area contributed by atoms with Gasteiger partial charge < -0.3 is 15.5 Å². The highest BCUT2D eigenvalue weighted by Crippen LogP contribution is 2.18. The van der Waals surface area contributed by atoms with Crippen molar-refractivity contribution in [1.29, 1.82) is 0 Å². The Morgan fingerprint density at radius 3 is 2.57 bits per heavy atom. The van der Waals surface area contributed by atoms with Crippen molar-refractivity contribution in [3.63, 3.8) is 0 Å². The largest absolute Gasteiger partial charge is 0.383 e. The lowest BCUT2D eigenvalue weighted by atomic mass is 10.2. The number of anilines is 1. The molecule has 116 valence electrons. The van der Waals surface area contributed by atoms with Crippen LogP contribution in [0.25, 0.3) is 0 Å². The lowest BCUT2D eigenvalue weighted by molar-refractivity contribution is -0.385. The van der Waals surface area contributed by atoms with Gasteiger partial charge in [-0.2, -0.15) is 0 Å². The monoisotopic (exact) mass is 295 g/mol. The molecule has 1 heterocycles. The number of hydrogen-bond acceptors (Lipinski definition) is 6. The topological polar surface area (TPSA) is 106 Å². The van der Waals surface area contributed by atoms with Crippen molar-refractivity contribution >= 4 is 17.4 Å². The number of rotatable bonds is 7. The number of nitrogens with two attached hydrogens (primary N) is 1. The van der Waals surface area contributed by atoms with Gasteiger partial charge in [-0.25, -0.2) is 4.98 Å². The van der Waals surface area contributed by atoms with Crippen LogP contribution in [-0.2, 0) is 0 Å². The van der Waals surface area contributed by atoms with Gasteiger partial charge in [-0.05, 0) is 20.5 Å². The SMILES string of the molecule is CCCN(CCN(C)C)C(=O)c1cc([N+](=O)[O-])cnc1N. The number of hydrogen-bond donors (Lipinski definition) is 1. The minimum absolute atomic E-state index is 0.0107. The van der Waals surface area contributed by atoms with E-state index >= 15 is 0 Å². The van der Waals surface area contributed by atoms with Crippen LogP contribution in [0.4, 0.5) is 11.5 Å². The third-order valence-corrected chi connectivity index (χ3v) is 2.94. The molecule has 21 heavy (non-hydrogen) atoms. The molecular formula is C13H21N5O3. The van der Waals surface area contributed by atoms with E-state index in [0.717, 1.165) is 12.6 Å². The predicted octanol–water partition coefficient (Wildman–Crippen LogP) is 0.986. The van der Waals surface area contributed by atoms with E-state index in [4.69, 9.17) is 5.73 Å². The summed E-state index contributed by atoms with van der Waals surface area (Å²) in [4.78, 5) is 30.0. The van der Waals surface area contributed by atoms with Gasteiger partial charge in [0, 0.05) is 25.7 Å². The van der Waals surface area contributed by atoms with Crippen LogP contribution < -0.4 is 5.73 Å². The first-order valence-corrected chi connectivity index (χ1v) is 6.70. The molecule has 2 N–H and O–H groups in total. The summed E-state index contributed by atoms with van der Waals surface area (Å²) in [5, 5.41) is 10.8. The molecule has 0 saturated carbocycles. The minimum Gasteiger partial charge on any atom is -0.383 e. The molecule has 1 amide bonds. The van der Waals surface area contributed by atoms with E-state index in [2.05, 4.69) is 4.98 Å². The van der Waals surface area contributed by atoms with Crippen molar-refractivity contribution < 1.29 is 9.72 Å². The lowest BCUT2D eigenvalue weighted by Crippen LogP contribution is -2.37.